The average molecular weight is 394 g/mol. The van der Waals surface area contributed by atoms with E-state index in [4.69, 9.17) is 0 Å². The van der Waals surface area contributed by atoms with Crippen molar-refractivity contribution in [3.63, 3.8) is 0 Å². The fourth-order valence-electron chi connectivity index (χ4n) is 1.92. The summed E-state index contributed by atoms with van der Waals surface area (Å²) in [5.74, 6) is 0.0343. The molecule has 2 N–H and O–H groups in total. The van der Waals surface area contributed by atoms with Crippen LogP contribution in [0.1, 0.15) is 27.0 Å². The summed E-state index contributed by atoms with van der Waals surface area (Å²) in [7, 11) is 0. The number of aromatic hydroxyl groups is 1. The third-order valence-electron chi connectivity index (χ3n) is 2.98. The molecule has 2 rings (SSSR count). The van der Waals surface area contributed by atoms with Crippen LogP contribution >= 0.6 is 22.6 Å². The van der Waals surface area contributed by atoms with Crippen LogP contribution in [0.3, 0.4) is 0 Å². The molecule has 0 aliphatic carbocycles. The Morgan fingerprint density at radius 1 is 1.24 bits per heavy atom. The molecule has 2 aromatic carbocycles. The Kier molecular flexibility index (Phi) is 4.95. The first-order chi connectivity index (χ1) is 9.97. The molecule has 0 saturated heterocycles. The van der Waals surface area contributed by atoms with Gasteiger partial charge in [0.05, 0.1) is 6.21 Å². The van der Waals surface area contributed by atoms with Crippen LogP contribution in [0.2, 0.25) is 0 Å². The minimum absolute atomic E-state index is 0.253. The summed E-state index contributed by atoms with van der Waals surface area (Å²) in [5.41, 5.74) is 5.44. The van der Waals surface area contributed by atoms with Gasteiger partial charge in [0, 0.05) is 9.13 Å². The number of carbonyl (C=O) groups is 1. The Bertz CT molecular complexity index is 688. The van der Waals surface area contributed by atoms with Crippen molar-refractivity contribution in [2.75, 3.05) is 0 Å². The lowest BCUT2D eigenvalue weighted by Gasteiger charge is -2.04. The number of phenols is 1. The molecule has 0 aromatic heterocycles. The van der Waals surface area contributed by atoms with Crippen molar-refractivity contribution in [3.05, 3.63) is 62.2 Å². The molecule has 0 unspecified atom stereocenters. The normalized spacial score (nSPS) is 10.8. The summed E-state index contributed by atoms with van der Waals surface area (Å²) in [6, 6.07) is 10.9. The topological polar surface area (TPSA) is 61.7 Å². The van der Waals surface area contributed by atoms with Crippen molar-refractivity contribution in [2.24, 2.45) is 5.10 Å². The van der Waals surface area contributed by atoms with Gasteiger partial charge in [0.25, 0.3) is 5.91 Å². The van der Waals surface area contributed by atoms with Crippen LogP contribution in [0.5, 0.6) is 5.75 Å². The van der Waals surface area contributed by atoms with Crippen LogP contribution in [0.25, 0.3) is 0 Å². The Balaban J connectivity index is 2.07. The summed E-state index contributed by atoms with van der Waals surface area (Å²) in [5, 5.41) is 13.7. The maximum Gasteiger partial charge on any atom is 0.271 e. The Morgan fingerprint density at radius 3 is 2.52 bits per heavy atom. The van der Waals surface area contributed by atoms with Gasteiger partial charge in [-0.1, -0.05) is 6.07 Å². The number of carbonyl (C=O) groups excluding carboxylic acids is 1. The molecule has 0 fully saturated rings. The molecular weight excluding hydrogens is 379 g/mol. The number of nitrogens with one attached hydrogen (secondary N) is 1. The highest BCUT2D eigenvalue weighted by molar-refractivity contribution is 14.1. The summed E-state index contributed by atoms with van der Waals surface area (Å²) in [4.78, 5) is 11.9. The highest BCUT2D eigenvalue weighted by Crippen LogP contribution is 2.21. The monoisotopic (exact) mass is 394 g/mol. The predicted molar refractivity (Wildman–Crippen MR) is 91.8 cm³/mol. The smallest absolute Gasteiger partial charge is 0.271 e. The van der Waals surface area contributed by atoms with Gasteiger partial charge in [-0.3, -0.25) is 4.79 Å². The lowest BCUT2D eigenvalue weighted by atomic mass is 10.1. The second kappa shape index (κ2) is 6.71. The number of amides is 1. The standard InChI is InChI=1S/C16H15IN2O2/c1-10-6-12(7-11(2)15(10)20)9-18-19-16(21)13-4-3-5-14(17)8-13/h3-9,20H,1-2H3,(H,19,21)/b18-9-. The second-order valence-electron chi connectivity index (χ2n) is 4.71. The second-order valence-corrected chi connectivity index (χ2v) is 5.96. The summed E-state index contributed by atoms with van der Waals surface area (Å²) < 4.78 is 0.994. The van der Waals surface area contributed by atoms with E-state index in [1.54, 1.807) is 18.3 Å². The van der Waals surface area contributed by atoms with Gasteiger partial charge in [-0.25, -0.2) is 5.43 Å². The lowest BCUT2D eigenvalue weighted by Crippen LogP contribution is -2.17. The number of phenolic OH excluding ortho intramolecular Hbond substituents is 1. The number of halogens is 1. The number of benzene rings is 2. The molecule has 0 radical (unpaired) electrons. The number of rotatable bonds is 3. The molecule has 4 nitrogen and oxygen atoms in total. The summed E-state index contributed by atoms with van der Waals surface area (Å²) >= 11 is 2.15. The molecule has 0 aliphatic rings. The number of nitrogens with zero attached hydrogens (tertiary/aromatic N) is 1. The fraction of sp³-hybridized carbons (Fsp3) is 0.125. The Hall–Kier alpha value is -1.89. The van der Waals surface area contributed by atoms with Crippen molar-refractivity contribution in [3.8, 4) is 5.75 Å². The number of hydrogen-bond donors (Lipinski definition) is 2. The van der Waals surface area contributed by atoms with E-state index < -0.39 is 0 Å². The van der Waals surface area contributed by atoms with Crippen LogP contribution < -0.4 is 5.43 Å². The minimum Gasteiger partial charge on any atom is -0.507 e. The fourth-order valence-corrected chi connectivity index (χ4v) is 2.47. The molecule has 108 valence electrons. The molecule has 0 bridgehead atoms. The van der Waals surface area contributed by atoms with E-state index in [2.05, 4.69) is 33.1 Å². The molecule has 2 aromatic rings. The van der Waals surface area contributed by atoms with E-state index in [1.165, 1.54) is 0 Å². The maximum atomic E-state index is 11.9. The lowest BCUT2D eigenvalue weighted by molar-refractivity contribution is 0.0955. The van der Waals surface area contributed by atoms with Crippen LogP contribution in [-0.2, 0) is 0 Å². The largest absolute Gasteiger partial charge is 0.507 e. The van der Waals surface area contributed by atoms with Gasteiger partial charge in [-0.05, 0) is 83.5 Å². The van der Waals surface area contributed by atoms with E-state index >= 15 is 0 Å². The van der Waals surface area contributed by atoms with E-state index in [9.17, 15) is 9.90 Å². The Morgan fingerprint density at radius 2 is 1.90 bits per heavy atom. The van der Waals surface area contributed by atoms with Crippen molar-refractivity contribution < 1.29 is 9.90 Å². The first kappa shape index (κ1) is 15.5. The molecule has 0 aliphatic heterocycles. The number of hydrazone groups is 1. The molecule has 0 saturated carbocycles. The zero-order chi connectivity index (χ0) is 15.4. The molecule has 21 heavy (non-hydrogen) atoms. The van der Waals surface area contributed by atoms with E-state index in [0.717, 1.165) is 20.3 Å². The molecular formula is C16H15IN2O2. The molecule has 5 heteroatoms. The number of aryl methyl sites for hydroxylation is 2. The van der Waals surface area contributed by atoms with Crippen LogP contribution in [0.4, 0.5) is 0 Å². The van der Waals surface area contributed by atoms with Gasteiger partial charge in [0.1, 0.15) is 5.75 Å². The SMILES string of the molecule is Cc1cc(/C=N\NC(=O)c2cccc(I)c2)cc(C)c1O. The first-order valence-electron chi connectivity index (χ1n) is 6.36. The maximum absolute atomic E-state index is 11.9. The summed E-state index contributed by atoms with van der Waals surface area (Å²) in [6.07, 6.45) is 1.56. The molecule has 0 spiro atoms. The van der Waals surface area contributed by atoms with Crippen LogP contribution in [-0.4, -0.2) is 17.2 Å². The van der Waals surface area contributed by atoms with Crippen LogP contribution in [0, 0.1) is 17.4 Å². The van der Waals surface area contributed by atoms with Gasteiger partial charge >= 0.3 is 0 Å². The molecule has 0 heterocycles. The quantitative estimate of drug-likeness (QED) is 0.477. The third kappa shape index (κ3) is 4.04. The highest BCUT2D eigenvalue weighted by Gasteiger charge is 2.04. The third-order valence-corrected chi connectivity index (χ3v) is 3.65. The van der Waals surface area contributed by atoms with Gasteiger partial charge < -0.3 is 5.11 Å². The predicted octanol–water partition coefficient (Wildman–Crippen LogP) is 3.38. The van der Waals surface area contributed by atoms with Crippen molar-refractivity contribution in [2.45, 2.75) is 13.8 Å². The molecule has 0 atom stereocenters. The van der Waals surface area contributed by atoms with Crippen molar-refractivity contribution >= 4 is 34.7 Å². The van der Waals surface area contributed by atoms with Gasteiger partial charge in [0.15, 0.2) is 0 Å². The zero-order valence-corrected chi connectivity index (χ0v) is 13.9. The number of hydrogen-bond acceptors (Lipinski definition) is 3. The first-order valence-corrected chi connectivity index (χ1v) is 7.44. The molecule has 1 amide bonds. The summed E-state index contributed by atoms with van der Waals surface area (Å²) in [6.45, 7) is 3.65. The van der Waals surface area contributed by atoms with Crippen molar-refractivity contribution in [1.82, 2.24) is 5.43 Å². The van der Waals surface area contributed by atoms with E-state index in [0.29, 0.717) is 5.56 Å². The van der Waals surface area contributed by atoms with Crippen molar-refractivity contribution in [1.29, 1.82) is 0 Å². The Labute approximate surface area is 137 Å². The average Bonchev–Trinajstić information content (AvgIpc) is 2.44. The zero-order valence-electron chi connectivity index (χ0n) is 11.7. The highest BCUT2D eigenvalue weighted by atomic mass is 127. The van der Waals surface area contributed by atoms with Gasteiger partial charge in [0.2, 0.25) is 0 Å². The minimum atomic E-state index is -0.253. The van der Waals surface area contributed by atoms with E-state index in [-0.39, 0.29) is 11.7 Å². The van der Waals surface area contributed by atoms with Crippen LogP contribution in [0.15, 0.2) is 41.5 Å². The van der Waals surface area contributed by atoms with Gasteiger partial charge in [-0.15, -0.1) is 0 Å². The van der Waals surface area contributed by atoms with E-state index in [1.807, 2.05) is 38.1 Å². The van der Waals surface area contributed by atoms with Gasteiger partial charge in [-0.2, -0.15) is 5.10 Å².